The van der Waals surface area contributed by atoms with Gasteiger partial charge in [0.2, 0.25) is 0 Å². The molecule has 0 aromatic rings. The first-order valence-electron chi connectivity index (χ1n) is 8.65. The van der Waals surface area contributed by atoms with E-state index in [4.69, 9.17) is 19.7 Å². The molecule has 0 saturated carbocycles. The largest absolute Gasteiger partial charge is 0.479 e. The summed E-state index contributed by atoms with van der Waals surface area (Å²) < 4.78 is 11.0. The Morgan fingerprint density at radius 1 is 1.05 bits per heavy atom. The lowest BCUT2D eigenvalue weighted by molar-refractivity contribution is -0.153. The third-order valence-corrected chi connectivity index (χ3v) is 3.63. The quantitative estimate of drug-likeness (QED) is 0.453. The molecule has 0 radical (unpaired) electrons. The SMILES string of the molecule is CCCCCCCC(CC)OCCC(OCC(C)O)C(=O)O. The molecular weight excluding hydrogens is 284 g/mol. The van der Waals surface area contributed by atoms with Crippen molar-refractivity contribution in [3.05, 3.63) is 0 Å². The average molecular weight is 318 g/mol. The molecule has 0 aliphatic heterocycles. The van der Waals surface area contributed by atoms with Crippen molar-refractivity contribution in [1.29, 1.82) is 0 Å². The van der Waals surface area contributed by atoms with E-state index in [-0.39, 0.29) is 12.7 Å². The second-order valence-electron chi connectivity index (χ2n) is 5.90. The van der Waals surface area contributed by atoms with Gasteiger partial charge >= 0.3 is 5.97 Å². The third-order valence-electron chi connectivity index (χ3n) is 3.63. The number of aliphatic hydroxyl groups is 1. The van der Waals surface area contributed by atoms with Gasteiger partial charge in [-0.3, -0.25) is 0 Å². The zero-order valence-electron chi connectivity index (χ0n) is 14.4. The molecule has 3 unspecified atom stereocenters. The van der Waals surface area contributed by atoms with E-state index in [0.29, 0.717) is 13.0 Å². The number of hydrogen-bond donors (Lipinski definition) is 2. The molecule has 0 aromatic carbocycles. The summed E-state index contributed by atoms with van der Waals surface area (Å²) in [6.45, 7) is 6.28. The lowest BCUT2D eigenvalue weighted by atomic mass is 10.1. The van der Waals surface area contributed by atoms with Gasteiger partial charge in [-0.25, -0.2) is 4.79 Å². The number of hydrogen-bond acceptors (Lipinski definition) is 4. The van der Waals surface area contributed by atoms with Crippen LogP contribution in [0.25, 0.3) is 0 Å². The van der Waals surface area contributed by atoms with Crippen molar-refractivity contribution < 1.29 is 24.5 Å². The van der Waals surface area contributed by atoms with Crippen LogP contribution in [0, 0.1) is 0 Å². The predicted molar refractivity (Wildman–Crippen MR) is 87.1 cm³/mol. The summed E-state index contributed by atoms with van der Waals surface area (Å²) >= 11 is 0. The van der Waals surface area contributed by atoms with Crippen LogP contribution in [0.4, 0.5) is 0 Å². The van der Waals surface area contributed by atoms with Crippen LogP contribution >= 0.6 is 0 Å². The molecule has 22 heavy (non-hydrogen) atoms. The predicted octanol–water partition coefficient (Wildman–Crippen LogP) is 3.38. The van der Waals surface area contributed by atoms with Crippen LogP contribution in [0.5, 0.6) is 0 Å². The number of ether oxygens (including phenoxy) is 2. The summed E-state index contributed by atoms with van der Waals surface area (Å²) in [5.41, 5.74) is 0. The molecule has 0 amide bonds. The van der Waals surface area contributed by atoms with Gasteiger partial charge in [-0.1, -0.05) is 46.0 Å². The van der Waals surface area contributed by atoms with Crippen molar-refractivity contribution in [2.45, 2.75) is 90.4 Å². The highest BCUT2D eigenvalue weighted by atomic mass is 16.5. The van der Waals surface area contributed by atoms with E-state index in [0.717, 1.165) is 12.8 Å². The second-order valence-corrected chi connectivity index (χ2v) is 5.90. The van der Waals surface area contributed by atoms with Gasteiger partial charge in [0.1, 0.15) is 0 Å². The fraction of sp³-hybridized carbons (Fsp3) is 0.941. The Bertz CT molecular complexity index is 268. The highest BCUT2D eigenvalue weighted by Gasteiger charge is 2.19. The summed E-state index contributed by atoms with van der Waals surface area (Å²) in [7, 11) is 0. The van der Waals surface area contributed by atoms with Crippen LogP contribution in [0.15, 0.2) is 0 Å². The van der Waals surface area contributed by atoms with Crippen molar-refractivity contribution >= 4 is 5.97 Å². The van der Waals surface area contributed by atoms with Gasteiger partial charge in [0, 0.05) is 13.0 Å². The number of carboxylic acid groups (broad SMARTS) is 1. The van der Waals surface area contributed by atoms with Gasteiger partial charge in [-0.2, -0.15) is 0 Å². The lowest BCUT2D eigenvalue weighted by Crippen LogP contribution is -2.29. The molecule has 0 saturated heterocycles. The van der Waals surface area contributed by atoms with E-state index in [1.54, 1.807) is 6.92 Å². The Morgan fingerprint density at radius 2 is 1.73 bits per heavy atom. The van der Waals surface area contributed by atoms with Crippen LogP contribution in [-0.4, -0.2) is 47.7 Å². The Balaban J connectivity index is 3.87. The Kier molecular flexibility index (Phi) is 13.6. The van der Waals surface area contributed by atoms with Gasteiger partial charge in [0.05, 0.1) is 18.8 Å². The average Bonchev–Trinajstić information content (AvgIpc) is 2.47. The number of carboxylic acids is 1. The monoisotopic (exact) mass is 318 g/mol. The molecule has 0 rings (SSSR count). The second kappa shape index (κ2) is 14.0. The molecule has 0 fully saturated rings. The molecule has 132 valence electrons. The number of carbonyl (C=O) groups is 1. The zero-order chi connectivity index (χ0) is 16.8. The molecule has 2 N–H and O–H groups in total. The number of aliphatic hydroxyl groups excluding tert-OH is 1. The first-order valence-corrected chi connectivity index (χ1v) is 8.65. The highest BCUT2D eigenvalue weighted by Crippen LogP contribution is 2.13. The van der Waals surface area contributed by atoms with Crippen LogP contribution in [-0.2, 0) is 14.3 Å². The summed E-state index contributed by atoms with van der Waals surface area (Å²) in [6, 6.07) is 0. The summed E-state index contributed by atoms with van der Waals surface area (Å²) in [4.78, 5) is 11.1. The molecule has 5 heteroatoms. The van der Waals surface area contributed by atoms with Crippen molar-refractivity contribution in [2.75, 3.05) is 13.2 Å². The standard InChI is InChI=1S/C17H34O5/c1-4-6-7-8-9-10-15(5-2)21-12-11-16(17(19)20)22-13-14(3)18/h14-16,18H,4-13H2,1-3H3,(H,19,20). The topological polar surface area (TPSA) is 76.0 Å². The van der Waals surface area contributed by atoms with Crippen molar-refractivity contribution in [2.24, 2.45) is 0 Å². The Morgan fingerprint density at radius 3 is 2.27 bits per heavy atom. The molecule has 5 nitrogen and oxygen atoms in total. The van der Waals surface area contributed by atoms with Crippen molar-refractivity contribution in [1.82, 2.24) is 0 Å². The lowest BCUT2D eigenvalue weighted by Gasteiger charge is -2.19. The van der Waals surface area contributed by atoms with Crippen LogP contribution < -0.4 is 0 Å². The minimum absolute atomic E-state index is 0.0333. The number of unbranched alkanes of at least 4 members (excludes halogenated alkanes) is 4. The zero-order valence-corrected chi connectivity index (χ0v) is 14.4. The molecule has 0 aromatic heterocycles. The van der Waals surface area contributed by atoms with Gasteiger partial charge in [-0.15, -0.1) is 0 Å². The minimum Gasteiger partial charge on any atom is -0.479 e. The normalized spacial score (nSPS) is 15.5. The van der Waals surface area contributed by atoms with Crippen LogP contribution in [0.1, 0.15) is 72.1 Å². The summed E-state index contributed by atoms with van der Waals surface area (Å²) in [5.74, 6) is -1.00. The highest BCUT2D eigenvalue weighted by molar-refractivity contribution is 5.72. The first-order chi connectivity index (χ1) is 10.5. The first kappa shape index (κ1) is 21.4. The van der Waals surface area contributed by atoms with E-state index in [1.165, 1.54) is 32.1 Å². The van der Waals surface area contributed by atoms with Crippen LogP contribution in [0.2, 0.25) is 0 Å². The van der Waals surface area contributed by atoms with Crippen molar-refractivity contribution in [3.63, 3.8) is 0 Å². The Labute approximate surface area is 135 Å². The van der Waals surface area contributed by atoms with E-state index in [2.05, 4.69) is 13.8 Å². The number of aliphatic carboxylic acids is 1. The van der Waals surface area contributed by atoms with E-state index in [9.17, 15) is 4.79 Å². The Hall–Kier alpha value is -0.650. The maximum Gasteiger partial charge on any atom is 0.332 e. The van der Waals surface area contributed by atoms with Crippen LogP contribution in [0.3, 0.4) is 0 Å². The third kappa shape index (κ3) is 12.0. The minimum atomic E-state index is -1.00. The fourth-order valence-electron chi connectivity index (χ4n) is 2.26. The maximum atomic E-state index is 11.1. The smallest absolute Gasteiger partial charge is 0.332 e. The van der Waals surface area contributed by atoms with Gasteiger partial charge in [0.25, 0.3) is 0 Å². The molecule has 0 heterocycles. The summed E-state index contributed by atoms with van der Waals surface area (Å²) in [5, 5.41) is 18.2. The number of rotatable bonds is 15. The van der Waals surface area contributed by atoms with E-state index >= 15 is 0 Å². The van der Waals surface area contributed by atoms with E-state index < -0.39 is 18.2 Å². The van der Waals surface area contributed by atoms with Gasteiger partial charge < -0.3 is 19.7 Å². The van der Waals surface area contributed by atoms with E-state index in [1.807, 2.05) is 0 Å². The molecule has 3 atom stereocenters. The summed E-state index contributed by atoms with van der Waals surface area (Å²) in [6.07, 6.45) is 7.15. The van der Waals surface area contributed by atoms with Gasteiger partial charge in [-0.05, 0) is 19.8 Å². The molecular formula is C17H34O5. The fourth-order valence-corrected chi connectivity index (χ4v) is 2.26. The molecule has 0 spiro atoms. The molecule has 0 bridgehead atoms. The molecule has 0 aliphatic rings. The van der Waals surface area contributed by atoms with Gasteiger partial charge in [0.15, 0.2) is 6.10 Å². The van der Waals surface area contributed by atoms with Crippen molar-refractivity contribution in [3.8, 4) is 0 Å². The maximum absolute atomic E-state index is 11.1. The molecule has 0 aliphatic carbocycles.